The number of carbonyl (C=O) groups excluding carboxylic acids is 1. The minimum Gasteiger partial charge on any atom is -0.443 e. The summed E-state index contributed by atoms with van der Waals surface area (Å²) < 4.78 is 11.2. The molecule has 26 heavy (non-hydrogen) atoms. The van der Waals surface area contributed by atoms with Gasteiger partial charge < -0.3 is 13.7 Å². The van der Waals surface area contributed by atoms with E-state index in [4.69, 9.17) is 20.4 Å². The van der Waals surface area contributed by atoms with Crippen LogP contribution in [0.2, 0.25) is 5.02 Å². The van der Waals surface area contributed by atoms with E-state index in [0.717, 1.165) is 24.2 Å². The van der Waals surface area contributed by atoms with E-state index in [1.165, 1.54) is 6.39 Å². The Morgan fingerprint density at radius 1 is 1.35 bits per heavy atom. The maximum absolute atomic E-state index is 12.8. The average Bonchev–Trinajstić information content (AvgIpc) is 3.36. The maximum atomic E-state index is 12.8. The third kappa shape index (κ3) is 3.12. The van der Waals surface area contributed by atoms with E-state index >= 15 is 0 Å². The van der Waals surface area contributed by atoms with E-state index in [-0.39, 0.29) is 17.7 Å². The van der Waals surface area contributed by atoms with Crippen LogP contribution in [-0.4, -0.2) is 27.3 Å². The Balaban J connectivity index is 1.54. The molecule has 0 bridgehead atoms. The molecule has 1 aromatic carbocycles. The summed E-state index contributed by atoms with van der Waals surface area (Å²) in [7, 11) is 0. The van der Waals surface area contributed by atoms with Gasteiger partial charge in [0.1, 0.15) is 11.8 Å². The Labute approximate surface area is 155 Å². The van der Waals surface area contributed by atoms with Crippen molar-refractivity contribution in [3.63, 3.8) is 0 Å². The number of aryl methyl sites for hydroxylation is 1. The van der Waals surface area contributed by atoms with Gasteiger partial charge in [-0.05, 0) is 31.4 Å². The third-order valence-corrected chi connectivity index (χ3v) is 5.00. The van der Waals surface area contributed by atoms with Crippen molar-refractivity contribution in [3.8, 4) is 0 Å². The highest BCUT2D eigenvalue weighted by atomic mass is 35.5. The molecular weight excluding hydrogens is 354 g/mol. The first-order valence-corrected chi connectivity index (χ1v) is 8.90. The number of nitrogens with zero attached hydrogens (tertiary/aromatic N) is 3. The molecule has 1 fully saturated rings. The SMILES string of the molecule is Cc1ncoc1C(=O)N1CCCC1c1ncc(Cc2ccccc2Cl)o1. The summed E-state index contributed by atoms with van der Waals surface area (Å²) in [5.41, 5.74) is 1.57. The van der Waals surface area contributed by atoms with Crippen LogP contribution in [0.5, 0.6) is 0 Å². The summed E-state index contributed by atoms with van der Waals surface area (Å²) in [5, 5.41) is 0.698. The van der Waals surface area contributed by atoms with Crippen LogP contribution in [0.4, 0.5) is 0 Å². The zero-order chi connectivity index (χ0) is 18.1. The van der Waals surface area contributed by atoms with Crippen molar-refractivity contribution < 1.29 is 13.6 Å². The summed E-state index contributed by atoms with van der Waals surface area (Å²) in [5.74, 6) is 1.38. The van der Waals surface area contributed by atoms with Crippen LogP contribution in [0.25, 0.3) is 0 Å². The molecule has 0 N–H and O–H groups in total. The normalized spacial score (nSPS) is 17.0. The average molecular weight is 372 g/mol. The van der Waals surface area contributed by atoms with Crippen molar-refractivity contribution in [2.24, 2.45) is 0 Å². The number of benzene rings is 1. The first kappa shape index (κ1) is 16.8. The van der Waals surface area contributed by atoms with Gasteiger partial charge in [-0.1, -0.05) is 29.8 Å². The summed E-state index contributed by atoms with van der Waals surface area (Å²) in [6, 6.07) is 7.46. The van der Waals surface area contributed by atoms with E-state index < -0.39 is 0 Å². The number of hydrogen-bond acceptors (Lipinski definition) is 5. The third-order valence-electron chi connectivity index (χ3n) is 4.63. The minimum atomic E-state index is -0.188. The van der Waals surface area contributed by atoms with Crippen LogP contribution in [0.1, 0.15) is 52.3 Å². The van der Waals surface area contributed by atoms with Gasteiger partial charge >= 0.3 is 0 Å². The van der Waals surface area contributed by atoms with Crippen LogP contribution < -0.4 is 0 Å². The number of likely N-dealkylation sites (tertiary alicyclic amines) is 1. The van der Waals surface area contributed by atoms with Crippen molar-refractivity contribution in [1.29, 1.82) is 0 Å². The van der Waals surface area contributed by atoms with Crippen LogP contribution in [0.15, 0.2) is 45.7 Å². The van der Waals surface area contributed by atoms with Gasteiger partial charge in [0.25, 0.3) is 5.91 Å². The number of oxazole rings is 2. The monoisotopic (exact) mass is 371 g/mol. The molecular formula is C19H18ClN3O3. The van der Waals surface area contributed by atoms with Gasteiger partial charge in [-0.25, -0.2) is 9.97 Å². The zero-order valence-corrected chi connectivity index (χ0v) is 15.1. The summed E-state index contributed by atoms with van der Waals surface area (Å²) in [6.07, 6.45) is 5.27. The topological polar surface area (TPSA) is 72.4 Å². The largest absolute Gasteiger partial charge is 0.443 e. The fourth-order valence-corrected chi connectivity index (χ4v) is 3.49. The van der Waals surface area contributed by atoms with Crippen LogP contribution in [-0.2, 0) is 6.42 Å². The molecule has 1 aliphatic rings. The highest BCUT2D eigenvalue weighted by Gasteiger charge is 2.35. The number of halogens is 1. The van der Waals surface area contributed by atoms with Gasteiger partial charge in [-0.3, -0.25) is 4.79 Å². The lowest BCUT2D eigenvalue weighted by Gasteiger charge is -2.21. The predicted octanol–water partition coefficient (Wildman–Crippen LogP) is 4.19. The maximum Gasteiger partial charge on any atom is 0.292 e. The van der Waals surface area contributed by atoms with Gasteiger partial charge in [-0.2, -0.15) is 0 Å². The van der Waals surface area contributed by atoms with E-state index in [1.54, 1.807) is 18.0 Å². The Hall–Kier alpha value is -2.60. The molecule has 3 aromatic rings. The second kappa shape index (κ2) is 6.96. The molecule has 3 heterocycles. The second-order valence-electron chi connectivity index (χ2n) is 6.36. The van der Waals surface area contributed by atoms with Crippen molar-refractivity contribution in [2.75, 3.05) is 6.54 Å². The standard InChI is InChI=1S/C19H18ClN3O3/c1-12-17(25-11-22-12)19(24)23-8-4-7-16(23)18-21-10-14(26-18)9-13-5-2-3-6-15(13)20/h2-3,5-6,10-11,16H,4,7-9H2,1H3. The minimum absolute atomic E-state index is 0.173. The molecule has 1 amide bonds. The predicted molar refractivity (Wildman–Crippen MR) is 95.0 cm³/mol. The number of hydrogen-bond donors (Lipinski definition) is 0. The van der Waals surface area contributed by atoms with E-state index in [9.17, 15) is 4.79 Å². The molecule has 0 spiro atoms. The van der Waals surface area contributed by atoms with Crippen molar-refractivity contribution in [2.45, 2.75) is 32.2 Å². The summed E-state index contributed by atoms with van der Waals surface area (Å²) >= 11 is 6.21. The van der Waals surface area contributed by atoms with E-state index in [0.29, 0.717) is 29.6 Å². The highest BCUT2D eigenvalue weighted by molar-refractivity contribution is 6.31. The molecule has 1 aliphatic heterocycles. The number of amides is 1. The van der Waals surface area contributed by atoms with Crippen LogP contribution in [0, 0.1) is 6.92 Å². The smallest absolute Gasteiger partial charge is 0.292 e. The molecule has 134 valence electrons. The van der Waals surface area contributed by atoms with Crippen molar-refractivity contribution in [1.82, 2.24) is 14.9 Å². The fourth-order valence-electron chi connectivity index (χ4n) is 3.29. The lowest BCUT2D eigenvalue weighted by molar-refractivity contribution is 0.0681. The molecule has 4 rings (SSSR count). The van der Waals surface area contributed by atoms with Crippen LogP contribution >= 0.6 is 11.6 Å². The molecule has 0 saturated carbocycles. The van der Waals surface area contributed by atoms with E-state index in [1.807, 2.05) is 24.3 Å². The quantitative estimate of drug-likeness (QED) is 0.687. The number of rotatable bonds is 4. The van der Waals surface area contributed by atoms with Crippen LogP contribution in [0.3, 0.4) is 0 Å². The van der Waals surface area contributed by atoms with Gasteiger partial charge in [0.05, 0.1) is 11.9 Å². The molecule has 1 unspecified atom stereocenters. The van der Waals surface area contributed by atoms with E-state index in [2.05, 4.69) is 9.97 Å². The number of carbonyl (C=O) groups is 1. The Kier molecular flexibility index (Phi) is 4.51. The number of aromatic nitrogens is 2. The summed E-state index contributed by atoms with van der Waals surface area (Å²) in [4.78, 5) is 22.9. The van der Waals surface area contributed by atoms with Crippen molar-refractivity contribution >= 4 is 17.5 Å². The molecule has 2 aromatic heterocycles. The van der Waals surface area contributed by atoms with Gasteiger partial charge in [-0.15, -0.1) is 0 Å². The van der Waals surface area contributed by atoms with Gasteiger partial charge in [0.15, 0.2) is 6.39 Å². The zero-order valence-electron chi connectivity index (χ0n) is 14.3. The lowest BCUT2D eigenvalue weighted by atomic mass is 10.1. The molecule has 7 heteroatoms. The Bertz CT molecular complexity index is 934. The van der Waals surface area contributed by atoms with Gasteiger partial charge in [0, 0.05) is 18.0 Å². The summed E-state index contributed by atoms with van der Waals surface area (Å²) in [6.45, 7) is 2.40. The van der Waals surface area contributed by atoms with Gasteiger partial charge in [0.2, 0.25) is 11.7 Å². The first-order valence-electron chi connectivity index (χ1n) is 8.52. The second-order valence-corrected chi connectivity index (χ2v) is 6.76. The first-order chi connectivity index (χ1) is 12.6. The molecule has 0 aliphatic carbocycles. The Morgan fingerprint density at radius 3 is 2.96 bits per heavy atom. The highest BCUT2D eigenvalue weighted by Crippen LogP contribution is 2.33. The molecule has 1 saturated heterocycles. The molecule has 6 nitrogen and oxygen atoms in total. The fraction of sp³-hybridized carbons (Fsp3) is 0.316. The van der Waals surface area contributed by atoms with Crippen molar-refractivity contribution in [3.05, 3.63) is 70.5 Å². The molecule has 1 atom stereocenters. The lowest BCUT2D eigenvalue weighted by Crippen LogP contribution is -2.30. The Morgan fingerprint density at radius 2 is 2.19 bits per heavy atom. The molecule has 0 radical (unpaired) electrons.